The third-order valence-electron chi connectivity index (χ3n) is 4.50. The molecule has 31 heavy (non-hydrogen) atoms. The number of nitrogens with one attached hydrogen (secondary N) is 1. The van der Waals surface area contributed by atoms with Crippen LogP contribution in [0.1, 0.15) is 13.8 Å². The molecule has 0 saturated heterocycles. The number of benzene rings is 2. The van der Waals surface area contributed by atoms with E-state index in [1.54, 1.807) is 31.2 Å². The highest BCUT2D eigenvalue weighted by Crippen LogP contribution is 2.24. The van der Waals surface area contributed by atoms with Gasteiger partial charge >= 0.3 is 0 Å². The zero-order chi connectivity index (χ0) is 22.2. The minimum Gasteiger partial charge on any atom is -0.494 e. The Morgan fingerprint density at radius 3 is 2.61 bits per heavy atom. The van der Waals surface area contributed by atoms with Gasteiger partial charge < -0.3 is 14.8 Å². The molecule has 1 N–H and O–H groups in total. The molecular formula is C23H24ClN3O4. The van der Waals surface area contributed by atoms with E-state index in [0.29, 0.717) is 29.6 Å². The molecule has 1 heterocycles. The minimum atomic E-state index is -0.725. The largest absolute Gasteiger partial charge is 0.494 e. The van der Waals surface area contributed by atoms with Crippen molar-refractivity contribution >= 4 is 17.5 Å². The first kappa shape index (κ1) is 22.4. The van der Waals surface area contributed by atoms with Gasteiger partial charge in [-0.05, 0) is 50.2 Å². The first-order valence-electron chi connectivity index (χ1n) is 9.96. The summed E-state index contributed by atoms with van der Waals surface area (Å²) >= 11 is 6.05. The summed E-state index contributed by atoms with van der Waals surface area (Å²) in [6, 6.07) is 15.8. The Morgan fingerprint density at radius 1 is 1.19 bits per heavy atom. The van der Waals surface area contributed by atoms with Gasteiger partial charge in [0, 0.05) is 24.7 Å². The number of carbonyl (C=O) groups is 1. The number of para-hydroxylation sites is 1. The molecule has 1 atom stereocenters. The van der Waals surface area contributed by atoms with E-state index in [9.17, 15) is 9.59 Å². The molecule has 0 saturated carbocycles. The topological polar surface area (TPSA) is 82.5 Å². The Balaban J connectivity index is 1.54. The zero-order valence-corrected chi connectivity index (χ0v) is 18.1. The standard InChI is InChI=1S/C23H24ClN3O4/c1-3-30-18-10-8-17(9-11-18)20-14-22(28)27(15-26-20)13-12-25-23(29)16(2)31-21-7-5-4-6-19(21)24/h4-11,14-16H,3,12-13H2,1-2H3,(H,25,29). The zero-order valence-electron chi connectivity index (χ0n) is 17.4. The number of rotatable bonds is 9. The van der Waals surface area contributed by atoms with Crippen molar-refractivity contribution in [3.05, 3.63) is 76.3 Å². The SMILES string of the molecule is CCOc1ccc(-c2cc(=O)n(CCNC(=O)C(C)Oc3ccccc3Cl)cn2)cc1. The molecule has 0 radical (unpaired) electrons. The second-order valence-corrected chi connectivity index (χ2v) is 7.15. The second-order valence-electron chi connectivity index (χ2n) is 6.74. The molecule has 3 rings (SSSR count). The van der Waals surface area contributed by atoms with Crippen molar-refractivity contribution in [1.82, 2.24) is 14.9 Å². The van der Waals surface area contributed by atoms with Crippen molar-refractivity contribution in [2.45, 2.75) is 26.5 Å². The van der Waals surface area contributed by atoms with Crippen LogP contribution in [0.2, 0.25) is 5.02 Å². The quantitative estimate of drug-likeness (QED) is 0.549. The molecule has 1 aromatic heterocycles. The molecule has 3 aromatic rings. The van der Waals surface area contributed by atoms with E-state index < -0.39 is 6.10 Å². The predicted octanol–water partition coefficient (Wildman–Crippen LogP) is 3.55. The summed E-state index contributed by atoms with van der Waals surface area (Å²) in [5, 5.41) is 3.19. The van der Waals surface area contributed by atoms with Gasteiger partial charge in [-0.3, -0.25) is 14.2 Å². The summed E-state index contributed by atoms with van der Waals surface area (Å²) in [5.41, 5.74) is 1.20. The van der Waals surface area contributed by atoms with Crippen LogP contribution in [-0.4, -0.2) is 34.7 Å². The number of hydrogen-bond acceptors (Lipinski definition) is 5. The highest BCUT2D eigenvalue weighted by Gasteiger charge is 2.15. The molecule has 1 amide bonds. The number of halogens is 1. The number of amides is 1. The van der Waals surface area contributed by atoms with Crippen LogP contribution in [0.5, 0.6) is 11.5 Å². The van der Waals surface area contributed by atoms with Gasteiger partial charge in [-0.1, -0.05) is 23.7 Å². The molecule has 8 heteroatoms. The van der Waals surface area contributed by atoms with Gasteiger partial charge in [-0.25, -0.2) is 4.98 Å². The number of nitrogens with zero attached hydrogens (tertiary/aromatic N) is 2. The van der Waals surface area contributed by atoms with Crippen LogP contribution in [-0.2, 0) is 11.3 Å². The van der Waals surface area contributed by atoms with E-state index in [-0.39, 0.29) is 18.0 Å². The van der Waals surface area contributed by atoms with Gasteiger partial charge in [0.2, 0.25) is 0 Å². The van der Waals surface area contributed by atoms with Crippen LogP contribution < -0.4 is 20.3 Å². The fourth-order valence-corrected chi connectivity index (χ4v) is 3.05. The lowest BCUT2D eigenvalue weighted by atomic mass is 10.1. The van der Waals surface area contributed by atoms with E-state index in [4.69, 9.17) is 21.1 Å². The first-order valence-corrected chi connectivity index (χ1v) is 10.3. The van der Waals surface area contributed by atoms with E-state index >= 15 is 0 Å². The molecule has 0 spiro atoms. The Labute approximate surface area is 185 Å². The summed E-state index contributed by atoms with van der Waals surface area (Å²) in [5.74, 6) is 0.909. The Bertz CT molecular complexity index is 1080. The molecule has 0 aliphatic carbocycles. The lowest BCUT2D eigenvalue weighted by Gasteiger charge is -2.15. The highest BCUT2D eigenvalue weighted by molar-refractivity contribution is 6.32. The summed E-state index contributed by atoms with van der Waals surface area (Å²) in [6.45, 7) is 4.70. The van der Waals surface area contributed by atoms with Crippen molar-refractivity contribution in [2.75, 3.05) is 13.2 Å². The van der Waals surface area contributed by atoms with Crippen LogP contribution in [0.3, 0.4) is 0 Å². The molecule has 2 aromatic carbocycles. The molecule has 0 bridgehead atoms. The maximum absolute atomic E-state index is 12.4. The Hall–Kier alpha value is -3.32. The van der Waals surface area contributed by atoms with Gasteiger partial charge in [-0.2, -0.15) is 0 Å². The third-order valence-corrected chi connectivity index (χ3v) is 4.81. The van der Waals surface area contributed by atoms with Crippen LogP contribution >= 0.6 is 11.6 Å². The smallest absolute Gasteiger partial charge is 0.260 e. The lowest BCUT2D eigenvalue weighted by molar-refractivity contribution is -0.127. The molecule has 1 unspecified atom stereocenters. The van der Waals surface area contributed by atoms with E-state index in [1.165, 1.54) is 17.0 Å². The fraction of sp³-hybridized carbons (Fsp3) is 0.261. The van der Waals surface area contributed by atoms with Crippen LogP contribution in [0.4, 0.5) is 0 Å². The summed E-state index contributed by atoms with van der Waals surface area (Å²) in [7, 11) is 0. The van der Waals surface area contributed by atoms with Gasteiger partial charge in [-0.15, -0.1) is 0 Å². The monoisotopic (exact) mass is 441 g/mol. The first-order chi connectivity index (χ1) is 15.0. The third kappa shape index (κ3) is 6.08. The maximum atomic E-state index is 12.4. The van der Waals surface area contributed by atoms with Crippen molar-refractivity contribution in [3.63, 3.8) is 0 Å². The molecule has 0 fully saturated rings. The number of carbonyl (C=O) groups excluding carboxylic acids is 1. The number of aromatic nitrogens is 2. The maximum Gasteiger partial charge on any atom is 0.260 e. The second kappa shape index (κ2) is 10.6. The van der Waals surface area contributed by atoms with E-state index in [2.05, 4.69) is 10.3 Å². The van der Waals surface area contributed by atoms with Gasteiger partial charge in [0.05, 0.1) is 23.7 Å². The summed E-state index contributed by atoms with van der Waals surface area (Å²) in [4.78, 5) is 29.0. The normalized spacial score (nSPS) is 11.6. The number of hydrogen-bond donors (Lipinski definition) is 1. The molecule has 0 aliphatic rings. The van der Waals surface area contributed by atoms with Crippen molar-refractivity contribution < 1.29 is 14.3 Å². The lowest BCUT2D eigenvalue weighted by Crippen LogP contribution is -2.38. The van der Waals surface area contributed by atoms with E-state index in [1.807, 2.05) is 31.2 Å². The minimum absolute atomic E-state index is 0.200. The average molecular weight is 442 g/mol. The van der Waals surface area contributed by atoms with Gasteiger partial charge in [0.15, 0.2) is 6.10 Å². The highest BCUT2D eigenvalue weighted by atomic mass is 35.5. The van der Waals surface area contributed by atoms with Gasteiger partial charge in [0.25, 0.3) is 11.5 Å². The fourth-order valence-electron chi connectivity index (χ4n) is 2.87. The number of ether oxygens (including phenoxy) is 2. The van der Waals surface area contributed by atoms with Crippen LogP contribution in [0, 0.1) is 0 Å². The predicted molar refractivity (Wildman–Crippen MR) is 120 cm³/mol. The molecule has 162 valence electrons. The Morgan fingerprint density at radius 2 is 1.94 bits per heavy atom. The van der Waals surface area contributed by atoms with E-state index in [0.717, 1.165) is 11.3 Å². The molecular weight excluding hydrogens is 418 g/mol. The Kier molecular flexibility index (Phi) is 7.67. The van der Waals surface area contributed by atoms with Crippen molar-refractivity contribution in [2.24, 2.45) is 0 Å². The summed E-state index contributed by atoms with van der Waals surface area (Å²) < 4.78 is 12.5. The molecule has 7 nitrogen and oxygen atoms in total. The van der Waals surface area contributed by atoms with Crippen molar-refractivity contribution in [1.29, 1.82) is 0 Å². The molecule has 0 aliphatic heterocycles. The van der Waals surface area contributed by atoms with Crippen LogP contribution in [0.25, 0.3) is 11.3 Å². The average Bonchev–Trinajstić information content (AvgIpc) is 2.77. The van der Waals surface area contributed by atoms with Crippen molar-refractivity contribution in [3.8, 4) is 22.8 Å². The summed E-state index contributed by atoms with van der Waals surface area (Å²) in [6.07, 6.45) is 0.751. The van der Waals surface area contributed by atoms with Gasteiger partial charge in [0.1, 0.15) is 11.5 Å². The van der Waals surface area contributed by atoms with Crippen LogP contribution in [0.15, 0.2) is 65.7 Å².